The molecule has 6 heteroatoms. The van der Waals surface area contributed by atoms with Crippen molar-refractivity contribution in [3.8, 4) is 0 Å². The number of nitrogens with zero attached hydrogens (tertiary/aromatic N) is 1. The van der Waals surface area contributed by atoms with Crippen LogP contribution in [0.5, 0.6) is 0 Å². The summed E-state index contributed by atoms with van der Waals surface area (Å²) >= 11 is 7.93. The molecule has 122 valence electrons. The number of nitrogen functional groups attached to an aromatic ring is 1. The van der Waals surface area contributed by atoms with Crippen molar-refractivity contribution in [2.75, 3.05) is 11.1 Å². The van der Waals surface area contributed by atoms with E-state index in [1.165, 1.54) is 11.3 Å². The molecule has 0 saturated carbocycles. The summed E-state index contributed by atoms with van der Waals surface area (Å²) in [5, 5.41) is 18.6. The van der Waals surface area contributed by atoms with Crippen LogP contribution in [0.3, 0.4) is 0 Å². The molecular weight excluding hydrogens is 342 g/mol. The molecule has 0 amide bonds. The van der Waals surface area contributed by atoms with Gasteiger partial charge in [-0.15, -0.1) is 11.3 Å². The first-order chi connectivity index (χ1) is 11.6. The van der Waals surface area contributed by atoms with Gasteiger partial charge in [0, 0.05) is 11.3 Å². The van der Waals surface area contributed by atoms with Gasteiger partial charge in [-0.05, 0) is 54.3 Å². The van der Waals surface area contributed by atoms with Crippen molar-refractivity contribution in [3.63, 3.8) is 0 Å². The number of anilines is 3. The minimum Gasteiger partial charge on any atom is -0.410 e. The van der Waals surface area contributed by atoms with E-state index < -0.39 is 0 Å². The molecule has 0 aliphatic rings. The minimum atomic E-state index is 0.471. The summed E-state index contributed by atoms with van der Waals surface area (Å²) in [5.41, 5.74) is 10.4. The lowest BCUT2D eigenvalue weighted by Crippen LogP contribution is -2.04. The molecule has 0 aliphatic heterocycles. The van der Waals surface area contributed by atoms with E-state index in [4.69, 9.17) is 17.3 Å². The normalized spacial score (nSPS) is 11.5. The van der Waals surface area contributed by atoms with Crippen molar-refractivity contribution in [3.05, 3.63) is 74.9 Å². The molecule has 4 N–H and O–H groups in total. The van der Waals surface area contributed by atoms with Gasteiger partial charge in [0.25, 0.3) is 0 Å². The minimum absolute atomic E-state index is 0.471. The van der Waals surface area contributed by atoms with Gasteiger partial charge in [-0.3, -0.25) is 0 Å². The van der Waals surface area contributed by atoms with Crippen LogP contribution in [0.25, 0.3) is 0 Å². The highest BCUT2D eigenvalue weighted by Crippen LogP contribution is 2.29. The number of hydrogen-bond donors (Lipinski definition) is 3. The smallest absolute Gasteiger partial charge is 0.128 e. The van der Waals surface area contributed by atoms with Crippen LogP contribution in [0, 0.1) is 6.92 Å². The summed E-state index contributed by atoms with van der Waals surface area (Å²) in [5.74, 6) is 0. The van der Waals surface area contributed by atoms with Crippen molar-refractivity contribution in [1.29, 1.82) is 0 Å². The summed E-state index contributed by atoms with van der Waals surface area (Å²) in [6.07, 6.45) is 0. The van der Waals surface area contributed by atoms with Crippen LogP contribution in [-0.4, -0.2) is 10.9 Å². The maximum atomic E-state index is 9.44. The molecule has 0 saturated heterocycles. The van der Waals surface area contributed by atoms with Crippen molar-refractivity contribution in [1.82, 2.24) is 0 Å². The number of para-hydroxylation sites is 2. The fourth-order valence-corrected chi connectivity index (χ4v) is 3.58. The average molecular weight is 358 g/mol. The van der Waals surface area contributed by atoms with Crippen LogP contribution in [0.15, 0.2) is 59.1 Å². The number of nitrogens with two attached hydrogens (primary N) is 1. The predicted molar refractivity (Wildman–Crippen MR) is 102 cm³/mol. The van der Waals surface area contributed by atoms with E-state index in [1.807, 2.05) is 54.8 Å². The Hall–Kier alpha value is -2.50. The zero-order valence-corrected chi connectivity index (χ0v) is 14.5. The molecule has 0 atom stereocenters. The third-order valence-electron chi connectivity index (χ3n) is 3.64. The molecule has 0 aliphatic carbocycles. The number of nitrogens with one attached hydrogen (secondary N) is 1. The van der Waals surface area contributed by atoms with Gasteiger partial charge in [-0.2, -0.15) is 0 Å². The van der Waals surface area contributed by atoms with E-state index in [-0.39, 0.29) is 0 Å². The number of halogens is 1. The molecule has 4 nitrogen and oxygen atoms in total. The van der Waals surface area contributed by atoms with Crippen LogP contribution in [0.1, 0.15) is 16.0 Å². The third kappa shape index (κ3) is 3.22. The molecule has 24 heavy (non-hydrogen) atoms. The fraction of sp³-hybridized carbons (Fsp3) is 0.0556. The molecule has 0 bridgehead atoms. The van der Waals surface area contributed by atoms with Gasteiger partial charge in [0.15, 0.2) is 0 Å². The molecule has 3 rings (SSSR count). The largest absolute Gasteiger partial charge is 0.410 e. The lowest BCUT2D eigenvalue weighted by molar-refractivity contribution is 0.319. The first kappa shape index (κ1) is 16.4. The lowest BCUT2D eigenvalue weighted by Gasteiger charge is -2.12. The summed E-state index contributed by atoms with van der Waals surface area (Å²) < 4.78 is 0. The number of aryl methyl sites for hydroxylation is 1. The SMILES string of the molecule is Cc1ccsc1/C(=N\O)c1ccc(Nc2ccccc2N)cc1Cl. The van der Waals surface area contributed by atoms with Gasteiger partial charge in [-0.25, -0.2) is 0 Å². The first-order valence-corrected chi connectivity index (χ1v) is 8.54. The van der Waals surface area contributed by atoms with E-state index in [0.29, 0.717) is 22.0 Å². The maximum Gasteiger partial charge on any atom is 0.128 e. The van der Waals surface area contributed by atoms with Crippen molar-refractivity contribution < 1.29 is 5.21 Å². The molecule has 0 fully saturated rings. The van der Waals surface area contributed by atoms with E-state index >= 15 is 0 Å². The Morgan fingerprint density at radius 1 is 1.21 bits per heavy atom. The molecule has 1 aromatic heterocycles. The van der Waals surface area contributed by atoms with Gasteiger partial charge >= 0.3 is 0 Å². The zero-order chi connectivity index (χ0) is 17.1. The highest BCUT2D eigenvalue weighted by Gasteiger charge is 2.15. The van der Waals surface area contributed by atoms with Gasteiger partial charge in [0.1, 0.15) is 5.71 Å². The Morgan fingerprint density at radius 3 is 2.62 bits per heavy atom. The molecular formula is C18H16ClN3OS. The molecule has 0 unspecified atom stereocenters. The van der Waals surface area contributed by atoms with Gasteiger partial charge < -0.3 is 16.3 Å². The van der Waals surface area contributed by atoms with E-state index in [9.17, 15) is 5.21 Å². The fourth-order valence-electron chi connectivity index (χ4n) is 2.39. The Bertz CT molecular complexity index is 905. The third-order valence-corrected chi connectivity index (χ3v) is 4.98. The van der Waals surface area contributed by atoms with Crippen LogP contribution >= 0.6 is 22.9 Å². The van der Waals surface area contributed by atoms with Gasteiger partial charge in [-0.1, -0.05) is 28.9 Å². The number of rotatable bonds is 4. The summed E-state index contributed by atoms with van der Waals surface area (Å²) in [6, 6.07) is 15.0. The molecule has 0 spiro atoms. The highest BCUT2D eigenvalue weighted by atomic mass is 35.5. The zero-order valence-electron chi connectivity index (χ0n) is 13.0. The standard InChI is InChI=1S/C18H16ClN3OS/c1-11-8-9-24-18(11)17(22-23)13-7-6-12(10-14(13)19)21-16-5-3-2-4-15(16)20/h2-10,21,23H,20H2,1H3/b22-17-. The summed E-state index contributed by atoms with van der Waals surface area (Å²) in [4.78, 5) is 0.896. The Kier molecular flexibility index (Phi) is 4.74. The van der Waals surface area contributed by atoms with Crippen LogP contribution < -0.4 is 11.1 Å². The van der Waals surface area contributed by atoms with Gasteiger partial charge in [0.05, 0.1) is 21.3 Å². The second kappa shape index (κ2) is 6.95. The number of oxime groups is 1. The molecule has 1 heterocycles. The van der Waals surface area contributed by atoms with Crippen molar-refractivity contribution in [2.24, 2.45) is 5.16 Å². The Balaban J connectivity index is 1.93. The van der Waals surface area contributed by atoms with E-state index in [1.54, 1.807) is 6.07 Å². The Morgan fingerprint density at radius 2 is 2.00 bits per heavy atom. The maximum absolute atomic E-state index is 9.44. The average Bonchev–Trinajstić information content (AvgIpc) is 2.98. The number of hydrogen-bond acceptors (Lipinski definition) is 5. The van der Waals surface area contributed by atoms with Crippen molar-refractivity contribution >= 4 is 45.7 Å². The second-order valence-corrected chi connectivity index (χ2v) is 6.61. The lowest BCUT2D eigenvalue weighted by atomic mass is 10.1. The monoisotopic (exact) mass is 357 g/mol. The first-order valence-electron chi connectivity index (χ1n) is 7.28. The molecule has 0 radical (unpaired) electrons. The second-order valence-electron chi connectivity index (χ2n) is 5.29. The van der Waals surface area contributed by atoms with Crippen LogP contribution in [0.4, 0.5) is 17.1 Å². The van der Waals surface area contributed by atoms with Crippen LogP contribution in [-0.2, 0) is 0 Å². The summed E-state index contributed by atoms with van der Waals surface area (Å²) in [7, 11) is 0. The topological polar surface area (TPSA) is 70.6 Å². The van der Waals surface area contributed by atoms with Crippen LogP contribution in [0.2, 0.25) is 5.02 Å². The van der Waals surface area contributed by atoms with E-state index in [0.717, 1.165) is 21.8 Å². The molecule has 3 aromatic rings. The highest BCUT2D eigenvalue weighted by molar-refractivity contribution is 7.12. The molecule has 2 aromatic carbocycles. The van der Waals surface area contributed by atoms with Crippen molar-refractivity contribution in [2.45, 2.75) is 6.92 Å². The summed E-state index contributed by atoms with van der Waals surface area (Å²) in [6.45, 7) is 1.97. The van der Waals surface area contributed by atoms with E-state index in [2.05, 4.69) is 10.5 Å². The number of benzene rings is 2. The number of thiophene rings is 1. The predicted octanol–water partition coefficient (Wildman–Crippen LogP) is 5.26. The van der Waals surface area contributed by atoms with Gasteiger partial charge in [0.2, 0.25) is 0 Å². The quantitative estimate of drug-likeness (QED) is 0.258. The Labute approximate surface area is 149 Å².